The van der Waals surface area contributed by atoms with Gasteiger partial charge >= 0.3 is 0 Å². The van der Waals surface area contributed by atoms with Gasteiger partial charge in [0, 0.05) is 19.1 Å². The van der Waals surface area contributed by atoms with Gasteiger partial charge in [-0.15, -0.1) is 0 Å². The Bertz CT molecular complexity index is 397. The van der Waals surface area contributed by atoms with Crippen LogP contribution in [0, 0.1) is 0 Å². The van der Waals surface area contributed by atoms with Gasteiger partial charge in [-0.3, -0.25) is 4.79 Å². The zero-order chi connectivity index (χ0) is 13.0. The van der Waals surface area contributed by atoms with Gasteiger partial charge in [0.15, 0.2) is 0 Å². The van der Waals surface area contributed by atoms with Crippen molar-refractivity contribution in [2.45, 2.75) is 32.5 Å². The van der Waals surface area contributed by atoms with Crippen molar-refractivity contribution in [3.63, 3.8) is 0 Å². The number of rotatable bonds is 4. The molecule has 1 fully saturated rings. The van der Waals surface area contributed by atoms with Crippen molar-refractivity contribution in [2.75, 3.05) is 19.7 Å². The molecule has 1 aliphatic heterocycles. The van der Waals surface area contributed by atoms with Crippen molar-refractivity contribution in [1.82, 2.24) is 20.2 Å². The van der Waals surface area contributed by atoms with Crippen molar-refractivity contribution in [2.24, 2.45) is 0 Å². The van der Waals surface area contributed by atoms with Crippen LogP contribution in [0.1, 0.15) is 25.6 Å². The second-order valence-corrected chi connectivity index (χ2v) is 4.73. The van der Waals surface area contributed by atoms with Gasteiger partial charge in [0.05, 0.1) is 24.8 Å². The fourth-order valence-electron chi connectivity index (χ4n) is 2.01. The van der Waals surface area contributed by atoms with Crippen LogP contribution in [0.15, 0.2) is 12.5 Å². The maximum atomic E-state index is 11.7. The van der Waals surface area contributed by atoms with Gasteiger partial charge in [-0.1, -0.05) is 0 Å². The molecule has 2 rings (SSSR count). The van der Waals surface area contributed by atoms with Gasteiger partial charge < -0.3 is 19.9 Å². The molecule has 1 aromatic rings. The van der Waals surface area contributed by atoms with Crippen LogP contribution in [0.5, 0.6) is 0 Å². The number of morpholine rings is 1. The highest BCUT2D eigenvalue weighted by Crippen LogP contribution is 2.18. The molecule has 0 saturated carbocycles. The molecule has 18 heavy (non-hydrogen) atoms. The Kier molecular flexibility index (Phi) is 4.33. The second-order valence-electron chi connectivity index (χ2n) is 4.73. The van der Waals surface area contributed by atoms with Gasteiger partial charge in [0.2, 0.25) is 5.91 Å². The van der Waals surface area contributed by atoms with E-state index < -0.39 is 0 Å². The van der Waals surface area contributed by atoms with Crippen molar-refractivity contribution >= 4 is 5.91 Å². The van der Waals surface area contributed by atoms with Gasteiger partial charge in [0.25, 0.3) is 0 Å². The van der Waals surface area contributed by atoms with Crippen LogP contribution in [0.2, 0.25) is 0 Å². The van der Waals surface area contributed by atoms with E-state index in [1.165, 1.54) is 0 Å². The Morgan fingerprint density at radius 3 is 3.22 bits per heavy atom. The summed E-state index contributed by atoms with van der Waals surface area (Å²) in [6.07, 6.45) is 3.42. The molecule has 0 bridgehead atoms. The average Bonchev–Trinajstić information content (AvgIpc) is 2.77. The Labute approximate surface area is 107 Å². The van der Waals surface area contributed by atoms with E-state index in [-0.39, 0.29) is 24.6 Å². The van der Waals surface area contributed by atoms with Crippen molar-refractivity contribution in [3.05, 3.63) is 18.2 Å². The van der Waals surface area contributed by atoms with Gasteiger partial charge in [-0.2, -0.15) is 0 Å². The molecule has 6 heteroatoms. The molecule has 1 aliphatic rings. The molecule has 1 saturated heterocycles. The van der Waals surface area contributed by atoms with Crippen LogP contribution >= 0.6 is 0 Å². The largest absolute Gasteiger partial charge is 0.369 e. The van der Waals surface area contributed by atoms with Crippen LogP contribution in [0.3, 0.4) is 0 Å². The minimum absolute atomic E-state index is 0.00646. The molecule has 1 unspecified atom stereocenters. The maximum Gasteiger partial charge on any atom is 0.240 e. The fraction of sp³-hybridized carbons (Fsp3) is 0.667. The van der Waals surface area contributed by atoms with E-state index in [9.17, 15) is 4.79 Å². The molecule has 2 heterocycles. The normalized spacial score (nSPS) is 20.1. The molecule has 2 N–H and O–H groups in total. The number of carbonyl (C=O) groups excluding carboxylic acids is 1. The first-order valence-corrected chi connectivity index (χ1v) is 6.28. The lowest BCUT2D eigenvalue weighted by molar-refractivity contribution is -0.122. The summed E-state index contributed by atoms with van der Waals surface area (Å²) >= 11 is 0. The first-order valence-electron chi connectivity index (χ1n) is 6.28. The highest BCUT2D eigenvalue weighted by Gasteiger charge is 2.20. The summed E-state index contributed by atoms with van der Waals surface area (Å²) < 4.78 is 7.51. The third-order valence-corrected chi connectivity index (χ3v) is 2.77. The number of hydrogen-bond donors (Lipinski definition) is 2. The van der Waals surface area contributed by atoms with E-state index >= 15 is 0 Å². The monoisotopic (exact) mass is 252 g/mol. The smallest absolute Gasteiger partial charge is 0.240 e. The van der Waals surface area contributed by atoms with Crippen LogP contribution in [-0.4, -0.2) is 41.2 Å². The highest BCUT2D eigenvalue weighted by molar-refractivity contribution is 5.76. The standard InChI is InChI=1S/C12H20N4O2/c1-9(2)15-12(17)7-16-8-14-5-10(16)11-6-13-3-4-18-11/h5,8-9,11,13H,3-4,6-7H2,1-2H3,(H,15,17). The summed E-state index contributed by atoms with van der Waals surface area (Å²) in [5, 5.41) is 6.14. The highest BCUT2D eigenvalue weighted by atomic mass is 16.5. The lowest BCUT2D eigenvalue weighted by Crippen LogP contribution is -2.36. The zero-order valence-electron chi connectivity index (χ0n) is 10.8. The Morgan fingerprint density at radius 2 is 2.56 bits per heavy atom. The van der Waals surface area contributed by atoms with Crippen molar-refractivity contribution in [3.8, 4) is 0 Å². The third kappa shape index (κ3) is 3.30. The minimum Gasteiger partial charge on any atom is -0.369 e. The van der Waals surface area contributed by atoms with Crippen molar-refractivity contribution in [1.29, 1.82) is 0 Å². The molecule has 0 aromatic carbocycles. The van der Waals surface area contributed by atoms with Crippen LogP contribution in [-0.2, 0) is 16.1 Å². The van der Waals surface area contributed by atoms with E-state index in [0.717, 1.165) is 18.8 Å². The summed E-state index contributed by atoms with van der Waals surface area (Å²) in [6.45, 7) is 6.50. The van der Waals surface area contributed by atoms with E-state index in [0.29, 0.717) is 6.61 Å². The van der Waals surface area contributed by atoms with Gasteiger partial charge in [0.1, 0.15) is 12.6 Å². The van der Waals surface area contributed by atoms with E-state index in [1.54, 1.807) is 12.5 Å². The number of aromatic nitrogens is 2. The summed E-state index contributed by atoms with van der Waals surface area (Å²) in [5.41, 5.74) is 0.945. The predicted molar refractivity (Wildman–Crippen MR) is 67.1 cm³/mol. The predicted octanol–water partition coefficient (Wildman–Crippen LogP) is 0.0686. The molecular formula is C12H20N4O2. The third-order valence-electron chi connectivity index (χ3n) is 2.77. The molecular weight excluding hydrogens is 232 g/mol. The first kappa shape index (κ1) is 13.0. The van der Waals surface area contributed by atoms with Crippen LogP contribution < -0.4 is 10.6 Å². The lowest BCUT2D eigenvalue weighted by Gasteiger charge is -2.24. The fourth-order valence-corrected chi connectivity index (χ4v) is 2.01. The molecule has 1 atom stereocenters. The summed E-state index contributed by atoms with van der Waals surface area (Å²) in [6, 6.07) is 0.150. The number of nitrogens with one attached hydrogen (secondary N) is 2. The van der Waals surface area contributed by atoms with E-state index in [1.807, 2.05) is 18.4 Å². The average molecular weight is 252 g/mol. The van der Waals surface area contributed by atoms with E-state index in [2.05, 4.69) is 15.6 Å². The van der Waals surface area contributed by atoms with Crippen LogP contribution in [0.4, 0.5) is 0 Å². The number of nitrogens with zero attached hydrogens (tertiary/aromatic N) is 2. The maximum absolute atomic E-state index is 11.7. The first-order chi connectivity index (χ1) is 8.66. The summed E-state index contributed by atoms with van der Waals surface area (Å²) in [4.78, 5) is 15.8. The van der Waals surface area contributed by atoms with Crippen LogP contribution in [0.25, 0.3) is 0 Å². The molecule has 0 radical (unpaired) electrons. The molecule has 1 aromatic heterocycles. The Balaban J connectivity index is 2.00. The number of ether oxygens (including phenoxy) is 1. The number of amides is 1. The SMILES string of the molecule is CC(C)NC(=O)Cn1cncc1C1CNCCO1. The summed E-state index contributed by atoms with van der Waals surface area (Å²) in [7, 11) is 0. The lowest BCUT2D eigenvalue weighted by atomic mass is 10.2. The quantitative estimate of drug-likeness (QED) is 0.795. The summed E-state index contributed by atoms with van der Waals surface area (Å²) in [5.74, 6) is -0.00646. The molecule has 1 amide bonds. The number of imidazole rings is 1. The molecule has 0 aliphatic carbocycles. The van der Waals surface area contributed by atoms with E-state index in [4.69, 9.17) is 4.74 Å². The molecule has 100 valence electrons. The molecule has 6 nitrogen and oxygen atoms in total. The number of hydrogen-bond acceptors (Lipinski definition) is 4. The Hall–Kier alpha value is -1.40. The number of carbonyl (C=O) groups is 1. The van der Waals surface area contributed by atoms with Crippen molar-refractivity contribution < 1.29 is 9.53 Å². The topological polar surface area (TPSA) is 68.2 Å². The minimum atomic E-state index is -0.0203. The molecule has 0 spiro atoms. The Morgan fingerprint density at radius 1 is 1.72 bits per heavy atom. The van der Waals surface area contributed by atoms with Gasteiger partial charge in [-0.25, -0.2) is 4.98 Å². The van der Waals surface area contributed by atoms with Gasteiger partial charge in [-0.05, 0) is 13.8 Å². The zero-order valence-corrected chi connectivity index (χ0v) is 10.8. The second kappa shape index (κ2) is 5.97.